The predicted molar refractivity (Wildman–Crippen MR) is 168 cm³/mol. The number of aromatic hydroxyl groups is 1. The number of pyridine rings is 1. The molecule has 9 nitrogen and oxygen atoms in total. The van der Waals surface area contributed by atoms with Gasteiger partial charge in [-0.05, 0) is 78.9 Å². The van der Waals surface area contributed by atoms with Crippen LogP contribution >= 0.6 is 0 Å². The fourth-order valence-electron chi connectivity index (χ4n) is 7.81. The average Bonchev–Trinajstić information content (AvgIpc) is 3.67. The van der Waals surface area contributed by atoms with Crippen LogP contribution in [0.2, 0.25) is 0 Å². The summed E-state index contributed by atoms with van der Waals surface area (Å²) < 4.78 is 43.6. The second-order valence-corrected chi connectivity index (χ2v) is 12.5. The number of halogens is 2. The van der Waals surface area contributed by atoms with Crippen molar-refractivity contribution < 1.29 is 23.4 Å². The number of aryl methyl sites for hydroxylation is 1. The van der Waals surface area contributed by atoms with Gasteiger partial charge < -0.3 is 19.5 Å². The number of anilines is 1. The van der Waals surface area contributed by atoms with Crippen molar-refractivity contribution in [3.8, 4) is 23.0 Å². The third-order valence-corrected chi connectivity index (χ3v) is 9.83. The zero-order valence-electron chi connectivity index (χ0n) is 25.3. The van der Waals surface area contributed by atoms with Crippen molar-refractivity contribution in [3.05, 3.63) is 54.0 Å². The van der Waals surface area contributed by atoms with Crippen LogP contribution in [0.15, 0.2) is 42.6 Å². The molecular weight excluding hydrogens is 578 g/mol. The summed E-state index contributed by atoms with van der Waals surface area (Å²) in [4.78, 5) is 14.4. The fraction of sp³-hybridized carbons (Fsp3) is 0.441. The lowest BCUT2D eigenvalue weighted by Gasteiger charge is -2.31. The molecule has 3 aromatic heterocycles. The highest BCUT2D eigenvalue weighted by atomic mass is 19.1. The Bertz CT molecular complexity index is 1920. The molecule has 0 unspecified atom stereocenters. The maximum absolute atomic E-state index is 15.1. The first-order valence-corrected chi connectivity index (χ1v) is 15.9. The van der Waals surface area contributed by atoms with Crippen molar-refractivity contribution in [1.82, 2.24) is 24.5 Å². The molecule has 0 bridgehead atoms. The van der Waals surface area contributed by atoms with E-state index in [4.69, 9.17) is 19.4 Å². The SMILES string of the molecule is CCc1c(F)ccc2cc(O)cc(-c3cc4nc(OC[C@@]56CCCN5C[C@H](F)C6)nc(N5CCCOCC5)c4c4ccnn34)c12. The van der Waals surface area contributed by atoms with E-state index in [2.05, 4.69) is 14.9 Å². The Balaban J connectivity index is 1.33. The summed E-state index contributed by atoms with van der Waals surface area (Å²) in [5.41, 5.74) is 2.98. The topological polar surface area (TPSA) is 88.3 Å². The lowest BCUT2D eigenvalue weighted by atomic mass is 9.94. The lowest BCUT2D eigenvalue weighted by Crippen LogP contribution is -2.43. The first-order valence-electron chi connectivity index (χ1n) is 15.9. The smallest absolute Gasteiger partial charge is 0.319 e. The summed E-state index contributed by atoms with van der Waals surface area (Å²) in [5, 5.41) is 17.8. The standard InChI is InChI=1S/C34H36F2N6O3/c1-2-24-26(36)6-5-21-15-23(43)16-25(30(21)24)29-17-27-31(28-7-9-37-42(28)29)32(40-10-4-13-44-14-12-40)39-33(38-27)45-20-34-8-3-11-41(34)19-22(35)18-34/h5-7,9,15-17,22,43H,2-4,8,10-14,18-20H2,1H3/t22-,34+/m1/s1. The molecule has 1 N–H and O–H groups in total. The second-order valence-electron chi connectivity index (χ2n) is 12.5. The van der Waals surface area contributed by atoms with E-state index in [-0.39, 0.29) is 23.1 Å². The number of rotatable bonds is 6. The number of phenols is 1. The van der Waals surface area contributed by atoms with Gasteiger partial charge in [-0.25, -0.2) is 13.3 Å². The van der Waals surface area contributed by atoms with E-state index >= 15 is 4.39 Å². The lowest BCUT2D eigenvalue weighted by molar-refractivity contribution is 0.107. The van der Waals surface area contributed by atoms with Crippen molar-refractivity contribution in [2.75, 3.05) is 50.9 Å². The summed E-state index contributed by atoms with van der Waals surface area (Å²) in [6.07, 6.45) is 4.58. The van der Waals surface area contributed by atoms with Gasteiger partial charge in [-0.1, -0.05) is 13.0 Å². The molecule has 234 valence electrons. The van der Waals surface area contributed by atoms with Gasteiger partial charge in [-0.2, -0.15) is 15.1 Å². The van der Waals surface area contributed by atoms with Crippen LogP contribution in [0.3, 0.4) is 0 Å². The van der Waals surface area contributed by atoms with Crippen LogP contribution in [0.25, 0.3) is 38.4 Å². The summed E-state index contributed by atoms with van der Waals surface area (Å²) in [5.74, 6) is 0.515. The third kappa shape index (κ3) is 4.75. The molecule has 0 aliphatic carbocycles. The van der Waals surface area contributed by atoms with E-state index in [9.17, 15) is 9.50 Å². The molecule has 2 atom stereocenters. The average molecular weight is 615 g/mol. The highest BCUT2D eigenvalue weighted by molar-refractivity contribution is 6.06. The van der Waals surface area contributed by atoms with Crippen LogP contribution in [0.4, 0.5) is 14.6 Å². The Morgan fingerprint density at radius 3 is 2.87 bits per heavy atom. The van der Waals surface area contributed by atoms with Gasteiger partial charge in [0.25, 0.3) is 0 Å². The van der Waals surface area contributed by atoms with E-state index in [1.165, 1.54) is 6.07 Å². The summed E-state index contributed by atoms with van der Waals surface area (Å²) in [7, 11) is 0. The minimum absolute atomic E-state index is 0.0756. The van der Waals surface area contributed by atoms with Crippen molar-refractivity contribution in [2.24, 2.45) is 0 Å². The van der Waals surface area contributed by atoms with Gasteiger partial charge in [0.15, 0.2) is 0 Å². The highest BCUT2D eigenvalue weighted by Gasteiger charge is 2.49. The van der Waals surface area contributed by atoms with Crippen LogP contribution in [0.5, 0.6) is 11.8 Å². The van der Waals surface area contributed by atoms with Crippen molar-refractivity contribution in [2.45, 2.75) is 50.7 Å². The van der Waals surface area contributed by atoms with Gasteiger partial charge in [-0.3, -0.25) is 4.90 Å². The monoisotopic (exact) mass is 614 g/mol. The third-order valence-electron chi connectivity index (χ3n) is 9.83. The Labute approximate surface area is 259 Å². The number of aromatic nitrogens is 4. The Morgan fingerprint density at radius 1 is 1.07 bits per heavy atom. The summed E-state index contributed by atoms with van der Waals surface area (Å²) in [6.45, 7) is 6.23. The quantitative estimate of drug-likeness (QED) is 0.261. The van der Waals surface area contributed by atoms with Crippen LogP contribution in [0.1, 0.15) is 38.2 Å². The van der Waals surface area contributed by atoms with E-state index in [0.29, 0.717) is 68.1 Å². The normalized spacial score (nSPS) is 22.5. The molecule has 45 heavy (non-hydrogen) atoms. The van der Waals surface area contributed by atoms with Gasteiger partial charge >= 0.3 is 6.01 Å². The summed E-state index contributed by atoms with van der Waals surface area (Å²) >= 11 is 0. The number of nitrogens with zero attached hydrogens (tertiary/aromatic N) is 6. The zero-order valence-corrected chi connectivity index (χ0v) is 25.3. The van der Waals surface area contributed by atoms with Gasteiger partial charge in [0.2, 0.25) is 0 Å². The van der Waals surface area contributed by atoms with Gasteiger partial charge in [-0.15, -0.1) is 0 Å². The number of alkyl halides is 1. The molecule has 0 saturated carbocycles. The number of hydrogen-bond donors (Lipinski definition) is 1. The summed E-state index contributed by atoms with van der Waals surface area (Å²) in [6, 6.07) is 10.5. The maximum atomic E-state index is 15.1. The molecule has 8 rings (SSSR count). The van der Waals surface area contributed by atoms with Crippen LogP contribution in [0, 0.1) is 5.82 Å². The molecule has 3 aliphatic rings. The molecular formula is C34H36F2N6O3. The zero-order chi connectivity index (χ0) is 30.7. The Hall–Kier alpha value is -4.09. The number of ether oxygens (including phenoxy) is 2. The Kier molecular flexibility index (Phi) is 6.98. The Morgan fingerprint density at radius 2 is 1.98 bits per heavy atom. The molecule has 0 radical (unpaired) electrons. The molecule has 0 spiro atoms. The number of hydrogen-bond acceptors (Lipinski definition) is 8. The molecule has 2 aromatic carbocycles. The fourth-order valence-corrected chi connectivity index (χ4v) is 7.81. The minimum atomic E-state index is -0.855. The number of fused-ring (bicyclic) bond motifs is 5. The molecule has 3 saturated heterocycles. The van der Waals surface area contributed by atoms with Crippen molar-refractivity contribution >= 4 is 33.0 Å². The molecule has 11 heteroatoms. The van der Waals surface area contributed by atoms with E-state index in [1.807, 2.05) is 23.6 Å². The molecule has 3 aliphatic heterocycles. The number of benzene rings is 2. The first-order chi connectivity index (χ1) is 21.9. The maximum Gasteiger partial charge on any atom is 0.319 e. The molecule has 3 fully saturated rings. The van der Waals surface area contributed by atoms with Gasteiger partial charge in [0.1, 0.15) is 30.2 Å². The van der Waals surface area contributed by atoms with E-state index < -0.39 is 6.17 Å². The van der Waals surface area contributed by atoms with Crippen LogP contribution in [-0.2, 0) is 11.2 Å². The minimum Gasteiger partial charge on any atom is -0.508 e. The molecule has 5 aromatic rings. The van der Waals surface area contributed by atoms with Gasteiger partial charge in [0.05, 0.1) is 40.5 Å². The largest absolute Gasteiger partial charge is 0.508 e. The van der Waals surface area contributed by atoms with E-state index in [1.54, 1.807) is 24.4 Å². The van der Waals surface area contributed by atoms with Gasteiger partial charge in [0, 0.05) is 38.2 Å². The second kappa shape index (κ2) is 11.1. The first kappa shape index (κ1) is 28.4. The molecule has 6 heterocycles. The number of phenolic OH excluding ortho intramolecular Hbond substituents is 1. The van der Waals surface area contributed by atoms with Crippen LogP contribution < -0.4 is 9.64 Å². The predicted octanol–water partition coefficient (Wildman–Crippen LogP) is 5.69. The molecule has 0 amide bonds. The van der Waals surface area contributed by atoms with Crippen molar-refractivity contribution in [1.29, 1.82) is 0 Å². The van der Waals surface area contributed by atoms with Crippen molar-refractivity contribution in [3.63, 3.8) is 0 Å². The van der Waals surface area contributed by atoms with Crippen LogP contribution in [-0.4, -0.2) is 87.3 Å². The van der Waals surface area contributed by atoms with E-state index in [0.717, 1.165) is 59.8 Å². The highest BCUT2D eigenvalue weighted by Crippen LogP contribution is 2.42.